The predicted molar refractivity (Wildman–Crippen MR) is 101 cm³/mol. The number of rotatable bonds is 7. The maximum Gasteiger partial charge on any atom is 0.247 e. The summed E-state index contributed by atoms with van der Waals surface area (Å²) < 4.78 is 38.2. The van der Waals surface area contributed by atoms with Crippen LogP contribution in [0.15, 0.2) is 51.8 Å². The Balaban J connectivity index is 1.63. The zero-order chi connectivity index (χ0) is 19.4. The standard InChI is InChI=1S/C19H21N3O4S/c1-13-4-6-15(7-5-13)19-22-21-18(26-19)10-11-20-27(23,24)17-9-8-16(25-3)12-14(17)2/h4-9,12,20H,10-11H2,1-3H3. The van der Waals surface area contributed by atoms with Gasteiger partial charge >= 0.3 is 0 Å². The summed E-state index contributed by atoms with van der Waals surface area (Å²) in [5, 5.41) is 7.99. The van der Waals surface area contributed by atoms with Crippen molar-refractivity contribution in [3.8, 4) is 17.2 Å². The number of benzene rings is 2. The highest BCUT2D eigenvalue weighted by atomic mass is 32.2. The van der Waals surface area contributed by atoms with Gasteiger partial charge in [-0.1, -0.05) is 17.7 Å². The fourth-order valence-corrected chi connectivity index (χ4v) is 3.84. The Hall–Kier alpha value is -2.71. The molecule has 3 aromatic rings. The smallest absolute Gasteiger partial charge is 0.247 e. The number of sulfonamides is 1. The van der Waals surface area contributed by atoms with Crippen LogP contribution in [0.25, 0.3) is 11.5 Å². The van der Waals surface area contributed by atoms with Gasteiger partial charge in [-0.15, -0.1) is 10.2 Å². The van der Waals surface area contributed by atoms with Gasteiger partial charge in [0.25, 0.3) is 0 Å². The van der Waals surface area contributed by atoms with Gasteiger partial charge in [-0.05, 0) is 49.7 Å². The summed E-state index contributed by atoms with van der Waals surface area (Å²) in [4.78, 5) is 0.217. The molecule has 0 fully saturated rings. The molecule has 2 aromatic carbocycles. The molecule has 0 aliphatic carbocycles. The average molecular weight is 387 g/mol. The van der Waals surface area contributed by atoms with Gasteiger partial charge in [0.15, 0.2) is 0 Å². The van der Waals surface area contributed by atoms with Crippen molar-refractivity contribution >= 4 is 10.0 Å². The predicted octanol–water partition coefficient (Wildman–Crippen LogP) is 2.88. The van der Waals surface area contributed by atoms with Crippen molar-refractivity contribution in [2.24, 2.45) is 0 Å². The van der Waals surface area contributed by atoms with Crippen LogP contribution in [0.3, 0.4) is 0 Å². The largest absolute Gasteiger partial charge is 0.497 e. The Morgan fingerprint density at radius 3 is 2.48 bits per heavy atom. The lowest BCUT2D eigenvalue weighted by Gasteiger charge is -2.09. The molecule has 1 aromatic heterocycles. The van der Waals surface area contributed by atoms with Crippen molar-refractivity contribution in [3.63, 3.8) is 0 Å². The van der Waals surface area contributed by atoms with E-state index in [2.05, 4.69) is 14.9 Å². The zero-order valence-electron chi connectivity index (χ0n) is 15.4. The summed E-state index contributed by atoms with van der Waals surface area (Å²) in [6.07, 6.45) is 0.299. The minimum atomic E-state index is -3.63. The molecule has 0 amide bonds. The highest BCUT2D eigenvalue weighted by molar-refractivity contribution is 7.89. The van der Waals surface area contributed by atoms with E-state index in [0.717, 1.165) is 11.1 Å². The molecule has 0 atom stereocenters. The number of nitrogens with zero attached hydrogens (tertiary/aromatic N) is 2. The van der Waals surface area contributed by atoms with Crippen LogP contribution in [0, 0.1) is 13.8 Å². The van der Waals surface area contributed by atoms with Gasteiger partial charge in [0.2, 0.25) is 21.8 Å². The van der Waals surface area contributed by atoms with Crippen molar-refractivity contribution in [1.29, 1.82) is 0 Å². The second-order valence-electron chi connectivity index (χ2n) is 6.15. The number of nitrogens with one attached hydrogen (secondary N) is 1. The van der Waals surface area contributed by atoms with E-state index in [9.17, 15) is 8.42 Å². The molecule has 7 nitrogen and oxygen atoms in total. The molecule has 0 saturated heterocycles. The lowest BCUT2D eigenvalue weighted by atomic mass is 10.1. The first-order valence-corrected chi connectivity index (χ1v) is 9.91. The van der Waals surface area contributed by atoms with E-state index < -0.39 is 10.0 Å². The van der Waals surface area contributed by atoms with Crippen LogP contribution in [0.1, 0.15) is 17.0 Å². The monoisotopic (exact) mass is 387 g/mol. The molecule has 0 saturated carbocycles. The SMILES string of the molecule is COc1ccc(S(=O)(=O)NCCc2nnc(-c3ccc(C)cc3)o2)c(C)c1. The number of methoxy groups -OCH3 is 1. The molecule has 3 rings (SSSR count). The lowest BCUT2D eigenvalue weighted by molar-refractivity contribution is 0.414. The van der Waals surface area contributed by atoms with Crippen LogP contribution >= 0.6 is 0 Å². The first kappa shape index (κ1) is 19.1. The van der Waals surface area contributed by atoms with Crippen LogP contribution in [-0.4, -0.2) is 32.3 Å². The van der Waals surface area contributed by atoms with Crippen LogP contribution in [0.2, 0.25) is 0 Å². The van der Waals surface area contributed by atoms with Crippen molar-refractivity contribution in [1.82, 2.24) is 14.9 Å². The van der Waals surface area contributed by atoms with E-state index in [-0.39, 0.29) is 11.4 Å². The summed E-state index contributed by atoms with van der Waals surface area (Å²) in [6, 6.07) is 12.6. The number of aryl methyl sites for hydroxylation is 2. The molecule has 1 N–H and O–H groups in total. The van der Waals surface area contributed by atoms with E-state index in [1.165, 1.54) is 13.2 Å². The average Bonchev–Trinajstić information content (AvgIpc) is 3.10. The molecule has 0 radical (unpaired) electrons. The van der Waals surface area contributed by atoms with Gasteiger partial charge < -0.3 is 9.15 Å². The van der Waals surface area contributed by atoms with Crippen LogP contribution < -0.4 is 9.46 Å². The molecule has 142 valence electrons. The summed E-state index contributed by atoms with van der Waals surface area (Å²) in [7, 11) is -2.09. The number of aromatic nitrogens is 2. The Morgan fingerprint density at radius 2 is 1.81 bits per heavy atom. The van der Waals surface area contributed by atoms with E-state index >= 15 is 0 Å². The lowest BCUT2D eigenvalue weighted by Crippen LogP contribution is -2.26. The highest BCUT2D eigenvalue weighted by Crippen LogP contribution is 2.21. The second kappa shape index (κ2) is 7.89. The fourth-order valence-electron chi connectivity index (χ4n) is 2.59. The van der Waals surface area contributed by atoms with Crippen LogP contribution in [-0.2, 0) is 16.4 Å². The van der Waals surface area contributed by atoms with Crippen molar-refractivity contribution in [2.45, 2.75) is 25.2 Å². The third kappa shape index (κ3) is 4.53. The highest BCUT2D eigenvalue weighted by Gasteiger charge is 2.17. The van der Waals surface area contributed by atoms with Gasteiger partial charge in [-0.3, -0.25) is 0 Å². The third-order valence-corrected chi connectivity index (χ3v) is 5.69. The Morgan fingerprint density at radius 1 is 1.07 bits per heavy atom. The molecule has 27 heavy (non-hydrogen) atoms. The van der Waals surface area contributed by atoms with Gasteiger partial charge in [-0.25, -0.2) is 13.1 Å². The molecule has 0 aliphatic heterocycles. The van der Waals surface area contributed by atoms with Crippen molar-refractivity contribution in [2.75, 3.05) is 13.7 Å². The Bertz CT molecular complexity index is 1030. The van der Waals surface area contributed by atoms with Crippen molar-refractivity contribution in [3.05, 3.63) is 59.5 Å². The maximum atomic E-state index is 12.5. The van der Waals surface area contributed by atoms with Crippen LogP contribution in [0.4, 0.5) is 0 Å². The Kier molecular flexibility index (Phi) is 5.57. The van der Waals surface area contributed by atoms with Gasteiger partial charge in [0.05, 0.1) is 12.0 Å². The first-order valence-electron chi connectivity index (χ1n) is 8.43. The molecule has 0 bridgehead atoms. The van der Waals surface area contributed by atoms with E-state index in [1.54, 1.807) is 19.1 Å². The normalized spacial score (nSPS) is 11.5. The quantitative estimate of drug-likeness (QED) is 0.670. The Labute approximate surface area is 158 Å². The maximum absolute atomic E-state index is 12.5. The minimum Gasteiger partial charge on any atom is -0.497 e. The summed E-state index contributed by atoms with van der Waals surface area (Å²) in [5.74, 6) is 1.40. The summed E-state index contributed by atoms with van der Waals surface area (Å²) in [6.45, 7) is 3.88. The topological polar surface area (TPSA) is 94.3 Å². The summed E-state index contributed by atoms with van der Waals surface area (Å²) in [5.41, 5.74) is 2.58. The second-order valence-corrected chi connectivity index (χ2v) is 7.88. The van der Waals surface area contributed by atoms with Gasteiger partial charge in [0.1, 0.15) is 5.75 Å². The van der Waals surface area contributed by atoms with Gasteiger partial charge in [0, 0.05) is 18.5 Å². The number of ether oxygens (including phenoxy) is 1. The molecular formula is C19H21N3O4S. The van der Waals surface area contributed by atoms with Crippen molar-refractivity contribution < 1.29 is 17.6 Å². The molecule has 0 aliphatic rings. The number of hydrogen-bond acceptors (Lipinski definition) is 6. The summed E-state index contributed by atoms with van der Waals surface area (Å²) >= 11 is 0. The molecule has 0 unspecified atom stereocenters. The molecular weight excluding hydrogens is 366 g/mol. The number of hydrogen-bond donors (Lipinski definition) is 1. The molecule has 8 heteroatoms. The van der Waals surface area contributed by atoms with E-state index in [1.807, 2.05) is 31.2 Å². The first-order chi connectivity index (χ1) is 12.9. The minimum absolute atomic E-state index is 0.156. The van der Waals surface area contributed by atoms with E-state index in [4.69, 9.17) is 9.15 Å². The van der Waals surface area contributed by atoms with Gasteiger partial charge in [-0.2, -0.15) is 0 Å². The van der Waals surface area contributed by atoms with Crippen LogP contribution in [0.5, 0.6) is 5.75 Å². The molecule has 1 heterocycles. The third-order valence-electron chi connectivity index (χ3n) is 4.07. The van der Waals surface area contributed by atoms with E-state index in [0.29, 0.717) is 29.5 Å². The molecule has 0 spiro atoms. The zero-order valence-corrected chi connectivity index (χ0v) is 16.2. The fraction of sp³-hybridized carbons (Fsp3) is 0.263.